The van der Waals surface area contributed by atoms with Crippen molar-refractivity contribution in [3.05, 3.63) is 42.1 Å². The number of hydrogen-bond acceptors (Lipinski definition) is 7. The third kappa shape index (κ3) is 5.70. The van der Waals surface area contributed by atoms with Gasteiger partial charge in [0.15, 0.2) is 0 Å². The molecule has 1 aliphatic carbocycles. The van der Waals surface area contributed by atoms with Gasteiger partial charge in [-0.2, -0.15) is 0 Å². The zero-order valence-electron chi connectivity index (χ0n) is 22.2. The minimum absolute atomic E-state index is 0.182. The van der Waals surface area contributed by atoms with Gasteiger partial charge in [-0.3, -0.25) is 4.72 Å². The summed E-state index contributed by atoms with van der Waals surface area (Å²) in [5, 5.41) is 8.80. The zero-order chi connectivity index (χ0) is 27.4. The molecule has 0 amide bonds. The number of benzene rings is 1. The Morgan fingerprint density at radius 1 is 0.872 bits per heavy atom. The van der Waals surface area contributed by atoms with Crippen LogP contribution in [0.4, 0.5) is 26.0 Å². The molecule has 9 nitrogen and oxygen atoms in total. The Labute approximate surface area is 227 Å². The zero-order valence-corrected chi connectivity index (χ0v) is 23.0. The van der Waals surface area contributed by atoms with Gasteiger partial charge in [0.25, 0.3) is 5.92 Å². The van der Waals surface area contributed by atoms with Crippen molar-refractivity contribution < 1.29 is 17.2 Å². The van der Waals surface area contributed by atoms with Gasteiger partial charge in [-0.1, -0.05) is 5.21 Å². The number of pyridine rings is 1. The first kappa shape index (κ1) is 26.0. The van der Waals surface area contributed by atoms with Crippen LogP contribution in [0.15, 0.2) is 36.5 Å². The van der Waals surface area contributed by atoms with Crippen LogP contribution in [-0.4, -0.2) is 66.8 Å². The van der Waals surface area contributed by atoms with Gasteiger partial charge in [0.1, 0.15) is 11.5 Å². The van der Waals surface area contributed by atoms with Crippen molar-refractivity contribution in [3.8, 4) is 17.1 Å². The van der Waals surface area contributed by atoms with Crippen LogP contribution >= 0.6 is 0 Å². The average molecular weight is 558 g/mol. The Morgan fingerprint density at radius 3 is 2.23 bits per heavy atom. The van der Waals surface area contributed by atoms with Gasteiger partial charge < -0.3 is 9.80 Å². The van der Waals surface area contributed by atoms with Gasteiger partial charge in [-0.25, -0.2) is 26.9 Å². The Kier molecular flexibility index (Phi) is 6.28. The monoisotopic (exact) mass is 557 g/mol. The highest BCUT2D eigenvalue weighted by Gasteiger charge is 2.44. The maximum atomic E-state index is 13.7. The number of aryl methyl sites for hydroxylation is 1. The summed E-state index contributed by atoms with van der Waals surface area (Å²) in [5.41, 5.74) is 4.84. The smallest absolute Gasteiger partial charge is 0.251 e. The topological polar surface area (TPSA) is 96.2 Å². The highest BCUT2D eigenvalue weighted by molar-refractivity contribution is 7.92. The standard InChI is InChI=1S/C27H33F2N7O2S/c1-19-15-21(30-25(16-19)35-13-9-27(28,29)10-14-35)22-18-36(33-31-22)23-4-3-20(32-39(2,37)38)17-24(23)34-11-7-26(5-6-26)8-12-34/h3-4,15-18,32H,5-14H2,1-2H3. The number of anilines is 3. The molecule has 0 bridgehead atoms. The summed E-state index contributed by atoms with van der Waals surface area (Å²) in [6.07, 6.45) is 7.42. The van der Waals surface area contributed by atoms with Gasteiger partial charge in [0, 0.05) is 39.0 Å². The molecule has 208 valence electrons. The number of nitrogens with zero attached hydrogens (tertiary/aromatic N) is 6. The van der Waals surface area contributed by atoms with E-state index in [1.165, 1.54) is 12.8 Å². The molecule has 3 aromatic rings. The van der Waals surface area contributed by atoms with Gasteiger partial charge >= 0.3 is 0 Å². The maximum Gasteiger partial charge on any atom is 0.251 e. The summed E-state index contributed by atoms with van der Waals surface area (Å²) in [7, 11) is -3.42. The second kappa shape index (κ2) is 9.42. The molecular weight excluding hydrogens is 524 g/mol. The van der Waals surface area contributed by atoms with E-state index in [4.69, 9.17) is 4.98 Å². The number of halogens is 2. The number of hydrogen-bond donors (Lipinski definition) is 1. The molecule has 1 N–H and O–H groups in total. The van der Waals surface area contributed by atoms with E-state index in [9.17, 15) is 17.2 Å². The Bertz CT molecular complexity index is 1480. The number of rotatable bonds is 6. The Hall–Kier alpha value is -3.28. The van der Waals surface area contributed by atoms with Crippen molar-refractivity contribution in [2.75, 3.05) is 47.0 Å². The Balaban J connectivity index is 1.31. The third-order valence-electron chi connectivity index (χ3n) is 8.18. The van der Waals surface area contributed by atoms with Crippen molar-refractivity contribution >= 4 is 27.2 Å². The number of aromatic nitrogens is 4. The lowest BCUT2D eigenvalue weighted by atomic mass is 9.93. The third-order valence-corrected chi connectivity index (χ3v) is 8.78. The molecule has 1 saturated carbocycles. The molecule has 1 spiro atoms. The first-order valence-electron chi connectivity index (χ1n) is 13.4. The van der Waals surface area contributed by atoms with Crippen LogP contribution < -0.4 is 14.5 Å². The van der Waals surface area contributed by atoms with E-state index >= 15 is 0 Å². The van der Waals surface area contributed by atoms with Crippen molar-refractivity contribution in [1.82, 2.24) is 20.0 Å². The predicted molar refractivity (Wildman–Crippen MR) is 147 cm³/mol. The molecule has 3 fully saturated rings. The van der Waals surface area contributed by atoms with Crippen LogP contribution in [0.5, 0.6) is 0 Å². The van der Waals surface area contributed by atoms with Gasteiger partial charge in [0.05, 0.1) is 35.2 Å². The van der Waals surface area contributed by atoms with E-state index in [1.807, 2.05) is 42.3 Å². The molecular formula is C27H33F2N7O2S. The van der Waals surface area contributed by atoms with Gasteiger partial charge in [0.2, 0.25) is 10.0 Å². The van der Waals surface area contributed by atoms with Crippen LogP contribution in [0.1, 0.15) is 44.1 Å². The summed E-state index contributed by atoms with van der Waals surface area (Å²) < 4.78 is 55.5. The first-order chi connectivity index (χ1) is 18.5. The SMILES string of the molecule is Cc1cc(-c2cn(-c3ccc(NS(C)(=O)=O)cc3N3CCC4(CC3)CC4)nn2)nc(N2CCC(F)(F)CC2)c1. The van der Waals surface area contributed by atoms with E-state index in [0.29, 0.717) is 28.3 Å². The molecule has 0 atom stereocenters. The fourth-order valence-electron chi connectivity index (χ4n) is 5.65. The predicted octanol–water partition coefficient (Wildman–Crippen LogP) is 4.63. The molecule has 2 aliphatic heterocycles. The number of piperidine rings is 2. The molecule has 39 heavy (non-hydrogen) atoms. The lowest BCUT2D eigenvalue weighted by Crippen LogP contribution is -2.39. The average Bonchev–Trinajstić information content (AvgIpc) is 3.43. The van der Waals surface area contributed by atoms with Crippen molar-refractivity contribution in [2.45, 2.75) is 51.4 Å². The quantitative estimate of drug-likeness (QED) is 0.472. The lowest BCUT2D eigenvalue weighted by molar-refractivity contribution is -0.0221. The van der Waals surface area contributed by atoms with Crippen LogP contribution in [0.3, 0.4) is 0 Å². The van der Waals surface area contributed by atoms with Crippen molar-refractivity contribution in [1.29, 1.82) is 0 Å². The largest absolute Gasteiger partial charge is 0.370 e. The number of nitrogens with one attached hydrogen (secondary N) is 1. The van der Waals surface area contributed by atoms with E-state index < -0.39 is 15.9 Å². The van der Waals surface area contributed by atoms with Crippen molar-refractivity contribution in [2.24, 2.45) is 5.41 Å². The van der Waals surface area contributed by atoms with Crippen LogP contribution in [0, 0.1) is 12.3 Å². The summed E-state index contributed by atoms with van der Waals surface area (Å²) in [5.74, 6) is -1.96. The minimum Gasteiger partial charge on any atom is -0.370 e. The molecule has 12 heteroatoms. The molecule has 0 radical (unpaired) electrons. The maximum absolute atomic E-state index is 13.7. The van der Waals surface area contributed by atoms with E-state index in [2.05, 4.69) is 19.9 Å². The molecule has 1 aromatic carbocycles. The highest BCUT2D eigenvalue weighted by atomic mass is 32.2. The molecule has 2 saturated heterocycles. The molecule has 2 aromatic heterocycles. The van der Waals surface area contributed by atoms with Gasteiger partial charge in [-0.15, -0.1) is 5.10 Å². The normalized spacial score (nSPS) is 20.3. The van der Waals surface area contributed by atoms with Crippen LogP contribution in [-0.2, 0) is 10.0 Å². The summed E-state index contributed by atoms with van der Waals surface area (Å²) in [6, 6.07) is 9.26. The minimum atomic E-state index is -3.42. The molecule has 6 rings (SSSR count). The second-order valence-corrected chi connectivity index (χ2v) is 13.1. The van der Waals surface area contributed by atoms with E-state index in [1.54, 1.807) is 10.7 Å². The van der Waals surface area contributed by atoms with Crippen LogP contribution in [0.2, 0.25) is 0 Å². The van der Waals surface area contributed by atoms with E-state index in [0.717, 1.165) is 49.1 Å². The number of sulfonamides is 1. The Morgan fingerprint density at radius 2 is 1.56 bits per heavy atom. The molecule has 4 heterocycles. The highest BCUT2D eigenvalue weighted by Crippen LogP contribution is 2.54. The summed E-state index contributed by atoms with van der Waals surface area (Å²) >= 11 is 0. The summed E-state index contributed by atoms with van der Waals surface area (Å²) in [6.45, 7) is 4.25. The second-order valence-electron chi connectivity index (χ2n) is 11.3. The summed E-state index contributed by atoms with van der Waals surface area (Å²) in [4.78, 5) is 8.94. The van der Waals surface area contributed by atoms with Gasteiger partial charge in [-0.05, 0) is 73.9 Å². The fraction of sp³-hybridized carbons (Fsp3) is 0.519. The number of alkyl halides is 2. The fourth-order valence-corrected chi connectivity index (χ4v) is 6.21. The molecule has 0 unspecified atom stereocenters. The lowest BCUT2D eigenvalue weighted by Gasteiger charge is -2.35. The van der Waals surface area contributed by atoms with E-state index in [-0.39, 0.29) is 25.9 Å². The molecule has 3 aliphatic rings. The van der Waals surface area contributed by atoms with Crippen LogP contribution in [0.25, 0.3) is 17.1 Å². The van der Waals surface area contributed by atoms with Crippen molar-refractivity contribution in [3.63, 3.8) is 0 Å². The first-order valence-corrected chi connectivity index (χ1v) is 15.3.